The van der Waals surface area contributed by atoms with Crippen LogP contribution in [-0.2, 0) is 11.3 Å². The maximum atomic E-state index is 12.7. The van der Waals surface area contributed by atoms with Crippen molar-refractivity contribution in [3.8, 4) is 0 Å². The first-order chi connectivity index (χ1) is 11.7. The van der Waals surface area contributed by atoms with E-state index >= 15 is 0 Å². The number of rotatable bonds is 4. The fraction of sp³-hybridized carbons (Fsp3) is 0.421. The predicted octanol–water partition coefficient (Wildman–Crippen LogP) is 2.87. The van der Waals surface area contributed by atoms with Crippen LogP contribution in [-0.4, -0.2) is 20.7 Å². The van der Waals surface area contributed by atoms with E-state index in [1.807, 2.05) is 24.3 Å². The molecule has 5 nitrogen and oxygen atoms in total. The molecule has 5 rings (SSSR count). The zero-order chi connectivity index (χ0) is 16.1. The average Bonchev–Trinajstić information content (AvgIpc) is 2.95. The zero-order valence-electron chi connectivity index (χ0n) is 13.4. The van der Waals surface area contributed by atoms with E-state index in [9.17, 15) is 4.79 Å². The normalized spacial score (nSPS) is 28.4. The Hall–Kier alpha value is -2.43. The van der Waals surface area contributed by atoms with Crippen LogP contribution < -0.4 is 5.32 Å². The lowest BCUT2D eigenvalue weighted by molar-refractivity contribution is -0.120. The lowest BCUT2D eigenvalue weighted by atomic mass is 9.88. The Bertz CT molecular complexity index is 789. The van der Waals surface area contributed by atoms with Crippen molar-refractivity contribution >= 4 is 11.6 Å². The van der Waals surface area contributed by atoms with Gasteiger partial charge in [0.1, 0.15) is 12.7 Å². The van der Waals surface area contributed by atoms with Crippen molar-refractivity contribution in [3.63, 3.8) is 0 Å². The van der Waals surface area contributed by atoms with Gasteiger partial charge >= 0.3 is 0 Å². The first kappa shape index (κ1) is 14.0. The van der Waals surface area contributed by atoms with Crippen molar-refractivity contribution in [2.75, 3.05) is 5.32 Å². The number of hydrogen-bond acceptors (Lipinski definition) is 3. The highest BCUT2D eigenvalue weighted by atomic mass is 16.1. The number of anilines is 1. The van der Waals surface area contributed by atoms with Crippen LogP contribution in [0.2, 0.25) is 0 Å². The molecule has 2 aromatic rings. The van der Waals surface area contributed by atoms with E-state index in [2.05, 4.69) is 27.6 Å². The van der Waals surface area contributed by atoms with Gasteiger partial charge in [0.25, 0.3) is 0 Å². The maximum Gasteiger partial charge on any atom is 0.228 e. The van der Waals surface area contributed by atoms with Gasteiger partial charge in [0.15, 0.2) is 0 Å². The lowest BCUT2D eigenvalue weighted by Crippen LogP contribution is -2.27. The summed E-state index contributed by atoms with van der Waals surface area (Å²) in [5, 5.41) is 7.22. The van der Waals surface area contributed by atoms with Crippen molar-refractivity contribution in [2.45, 2.75) is 25.8 Å². The van der Waals surface area contributed by atoms with Crippen LogP contribution in [0.5, 0.6) is 0 Å². The van der Waals surface area contributed by atoms with E-state index in [1.165, 1.54) is 19.2 Å². The quantitative estimate of drug-likeness (QED) is 0.881. The highest BCUT2D eigenvalue weighted by Crippen LogP contribution is 2.70. The minimum absolute atomic E-state index is 0.150. The van der Waals surface area contributed by atoms with Crippen molar-refractivity contribution < 1.29 is 4.79 Å². The third-order valence-corrected chi connectivity index (χ3v) is 6.09. The number of nitrogens with zero attached hydrogens (tertiary/aromatic N) is 3. The Labute approximate surface area is 140 Å². The van der Waals surface area contributed by atoms with Gasteiger partial charge in [0.2, 0.25) is 5.91 Å². The van der Waals surface area contributed by atoms with Gasteiger partial charge in [-0.05, 0) is 54.2 Å². The molecule has 3 aliphatic rings. The molecular weight excluding hydrogens is 300 g/mol. The lowest BCUT2D eigenvalue weighted by Gasteiger charge is -2.19. The van der Waals surface area contributed by atoms with Crippen LogP contribution in [0, 0.1) is 23.2 Å². The molecule has 2 bridgehead atoms. The van der Waals surface area contributed by atoms with Crippen LogP contribution in [0.25, 0.3) is 0 Å². The monoisotopic (exact) mass is 320 g/mol. The van der Waals surface area contributed by atoms with Gasteiger partial charge < -0.3 is 5.32 Å². The van der Waals surface area contributed by atoms with E-state index in [-0.39, 0.29) is 11.8 Å². The Balaban J connectivity index is 1.25. The molecule has 3 aliphatic carbocycles. The Morgan fingerprint density at radius 1 is 1.25 bits per heavy atom. The summed E-state index contributed by atoms with van der Waals surface area (Å²) >= 11 is 0. The Kier molecular flexibility index (Phi) is 2.93. The SMILES string of the molecule is O=C(Nc1ccc(Cn2cncn2)cc1)[C@@H]1C[C@H]2C=C[C@H]1C21CC1. The van der Waals surface area contributed by atoms with Gasteiger partial charge in [-0.25, -0.2) is 9.67 Å². The number of carbonyl (C=O) groups excluding carboxylic acids is 1. The van der Waals surface area contributed by atoms with Gasteiger partial charge in [-0.1, -0.05) is 24.3 Å². The molecule has 1 N–H and O–H groups in total. The van der Waals surface area contributed by atoms with Crippen molar-refractivity contribution in [1.82, 2.24) is 14.8 Å². The number of aromatic nitrogens is 3. The molecule has 1 aromatic carbocycles. The standard InChI is InChI=1S/C19H20N4O/c24-18(16-9-14-3-6-17(16)19(14)7-8-19)22-15-4-1-13(2-5-15)10-23-12-20-11-21-23/h1-6,11-12,14,16-17H,7-10H2,(H,22,24)/t14-,16-,17-/m1/s1. The number of carbonyl (C=O) groups is 1. The van der Waals surface area contributed by atoms with E-state index in [4.69, 9.17) is 0 Å². The molecule has 3 atom stereocenters. The third-order valence-electron chi connectivity index (χ3n) is 6.09. The largest absolute Gasteiger partial charge is 0.326 e. The second-order valence-electron chi connectivity index (χ2n) is 7.37. The number of amides is 1. The number of benzene rings is 1. The van der Waals surface area contributed by atoms with Crippen LogP contribution >= 0.6 is 0 Å². The van der Waals surface area contributed by atoms with Gasteiger partial charge in [-0.3, -0.25) is 4.79 Å². The molecule has 0 aliphatic heterocycles. The summed E-state index contributed by atoms with van der Waals surface area (Å²) < 4.78 is 1.78. The van der Waals surface area contributed by atoms with Gasteiger partial charge in [0, 0.05) is 11.6 Å². The average molecular weight is 320 g/mol. The Morgan fingerprint density at radius 3 is 2.75 bits per heavy atom. The van der Waals surface area contributed by atoms with Crippen LogP contribution in [0.3, 0.4) is 0 Å². The smallest absolute Gasteiger partial charge is 0.228 e. The van der Waals surface area contributed by atoms with E-state index in [1.54, 1.807) is 11.0 Å². The van der Waals surface area contributed by atoms with E-state index < -0.39 is 0 Å². The minimum Gasteiger partial charge on any atom is -0.326 e. The van der Waals surface area contributed by atoms with Crippen LogP contribution in [0.4, 0.5) is 5.69 Å². The first-order valence-electron chi connectivity index (χ1n) is 8.65. The summed E-state index contributed by atoms with van der Waals surface area (Å²) in [6.45, 7) is 0.688. The third kappa shape index (κ3) is 2.11. The summed E-state index contributed by atoms with van der Waals surface area (Å²) in [5.74, 6) is 1.44. The second-order valence-corrected chi connectivity index (χ2v) is 7.37. The molecule has 5 heteroatoms. The zero-order valence-corrected chi connectivity index (χ0v) is 13.4. The second kappa shape index (κ2) is 5.03. The van der Waals surface area contributed by atoms with Gasteiger partial charge in [-0.2, -0.15) is 5.10 Å². The first-order valence-corrected chi connectivity index (χ1v) is 8.65. The van der Waals surface area contributed by atoms with Gasteiger partial charge in [0.05, 0.1) is 6.54 Å². The van der Waals surface area contributed by atoms with Crippen molar-refractivity contribution in [1.29, 1.82) is 0 Å². The van der Waals surface area contributed by atoms with E-state index in [0.29, 0.717) is 23.8 Å². The highest BCUT2D eigenvalue weighted by molar-refractivity contribution is 5.93. The fourth-order valence-electron chi connectivity index (χ4n) is 4.70. The van der Waals surface area contributed by atoms with Crippen LogP contribution in [0.1, 0.15) is 24.8 Å². The molecule has 2 saturated carbocycles. The molecular formula is C19H20N4O. The molecule has 1 heterocycles. The van der Waals surface area contributed by atoms with Gasteiger partial charge in [-0.15, -0.1) is 0 Å². The number of hydrogen-bond donors (Lipinski definition) is 1. The highest BCUT2D eigenvalue weighted by Gasteiger charge is 2.63. The number of allylic oxidation sites excluding steroid dienone is 2. The fourth-order valence-corrected chi connectivity index (χ4v) is 4.70. The van der Waals surface area contributed by atoms with Crippen molar-refractivity contribution in [2.24, 2.45) is 23.2 Å². The summed E-state index contributed by atoms with van der Waals surface area (Å²) in [6, 6.07) is 8.00. The molecule has 1 spiro atoms. The molecule has 1 aromatic heterocycles. The summed E-state index contributed by atoms with van der Waals surface area (Å²) in [5.41, 5.74) is 2.47. The van der Waals surface area contributed by atoms with Crippen LogP contribution in [0.15, 0.2) is 49.1 Å². The summed E-state index contributed by atoms with van der Waals surface area (Å²) in [7, 11) is 0. The summed E-state index contributed by atoms with van der Waals surface area (Å²) in [4.78, 5) is 16.6. The molecule has 1 amide bonds. The number of nitrogens with one attached hydrogen (secondary N) is 1. The molecule has 0 unspecified atom stereocenters. The molecule has 0 saturated heterocycles. The molecule has 2 fully saturated rings. The predicted molar refractivity (Wildman–Crippen MR) is 90.1 cm³/mol. The Morgan fingerprint density at radius 2 is 2.08 bits per heavy atom. The molecule has 0 radical (unpaired) electrons. The topological polar surface area (TPSA) is 59.8 Å². The maximum absolute atomic E-state index is 12.7. The summed E-state index contributed by atoms with van der Waals surface area (Å²) in [6.07, 6.45) is 11.5. The molecule has 122 valence electrons. The van der Waals surface area contributed by atoms with Crippen molar-refractivity contribution in [3.05, 3.63) is 54.6 Å². The minimum atomic E-state index is 0.150. The molecule has 24 heavy (non-hydrogen) atoms. The van der Waals surface area contributed by atoms with E-state index in [0.717, 1.165) is 17.7 Å².